The molecule has 2 aromatic rings. The van der Waals surface area contributed by atoms with Gasteiger partial charge in [-0.1, -0.05) is 75.4 Å². The molecule has 3 heteroatoms. The number of para-hydroxylation sites is 2. The summed E-state index contributed by atoms with van der Waals surface area (Å²) in [6.07, 6.45) is 8.85. The molecule has 0 saturated carbocycles. The van der Waals surface area contributed by atoms with Gasteiger partial charge in [-0.15, -0.1) is 0 Å². The molecular formula is C25H34N2O. The highest BCUT2D eigenvalue weighted by Gasteiger charge is 2.33. The third-order valence-corrected chi connectivity index (χ3v) is 5.72. The maximum absolute atomic E-state index is 13.0. The summed E-state index contributed by atoms with van der Waals surface area (Å²) in [5.74, 6) is 0.272. The van der Waals surface area contributed by atoms with Crippen LogP contribution < -0.4 is 10.2 Å². The van der Waals surface area contributed by atoms with Crippen LogP contribution in [0.25, 0.3) is 0 Å². The standard InChI is InChI=1S/C25H34N2O/c1-3-4-5-6-7-11-18-25(28)27-20(2)19-23(22-16-12-13-17-24(22)27)26-21-14-9-8-10-15-21/h8-10,12-17,20,23,26H,3-7,11,18-19H2,1-2H3/t20-,23+/m0/s1. The van der Waals surface area contributed by atoms with Crippen LogP contribution in [-0.4, -0.2) is 11.9 Å². The van der Waals surface area contributed by atoms with Crippen LogP contribution in [0.5, 0.6) is 0 Å². The van der Waals surface area contributed by atoms with E-state index in [0.29, 0.717) is 6.42 Å². The average molecular weight is 379 g/mol. The van der Waals surface area contributed by atoms with Crippen LogP contribution in [0.1, 0.15) is 76.8 Å². The minimum Gasteiger partial charge on any atom is -0.378 e. The van der Waals surface area contributed by atoms with E-state index in [1.807, 2.05) is 17.0 Å². The van der Waals surface area contributed by atoms with E-state index in [1.165, 1.54) is 31.2 Å². The first-order valence-electron chi connectivity index (χ1n) is 10.9. The summed E-state index contributed by atoms with van der Waals surface area (Å²) in [5.41, 5.74) is 3.42. The summed E-state index contributed by atoms with van der Waals surface area (Å²) >= 11 is 0. The monoisotopic (exact) mass is 378 g/mol. The van der Waals surface area contributed by atoms with Crippen LogP contribution in [-0.2, 0) is 4.79 Å². The number of rotatable bonds is 9. The molecule has 1 heterocycles. The Morgan fingerprint density at radius 1 is 0.964 bits per heavy atom. The normalized spacial score (nSPS) is 18.6. The van der Waals surface area contributed by atoms with Crippen molar-refractivity contribution in [2.75, 3.05) is 10.2 Å². The fraction of sp³-hybridized carbons (Fsp3) is 0.480. The van der Waals surface area contributed by atoms with E-state index in [-0.39, 0.29) is 18.0 Å². The highest BCUT2D eigenvalue weighted by atomic mass is 16.2. The summed E-state index contributed by atoms with van der Waals surface area (Å²) in [6, 6.07) is 19.1. The fourth-order valence-electron chi connectivity index (χ4n) is 4.24. The number of hydrogen-bond acceptors (Lipinski definition) is 2. The third-order valence-electron chi connectivity index (χ3n) is 5.72. The van der Waals surface area contributed by atoms with Gasteiger partial charge in [0.05, 0.1) is 6.04 Å². The van der Waals surface area contributed by atoms with Crippen molar-refractivity contribution in [2.24, 2.45) is 0 Å². The van der Waals surface area contributed by atoms with Gasteiger partial charge >= 0.3 is 0 Å². The van der Waals surface area contributed by atoms with Crippen LogP contribution in [0.15, 0.2) is 54.6 Å². The molecule has 1 amide bonds. The van der Waals surface area contributed by atoms with Gasteiger partial charge in [-0.05, 0) is 43.5 Å². The Bertz CT molecular complexity index is 743. The van der Waals surface area contributed by atoms with Crippen molar-refractivity contribution in [3.63, 3.8) is 0 Å². The third kappa shape index (κ3) is 5.15. The molecule has 0 aromatic heterocycles. The lowest BCUT2D eigenvalue weighted by Crippen LogP contribution is -2.44. The van der Waals surface area contributed by atoms with Crippen molar-refractivity contribution < 1.29 is 4.79 Å². The SMILES string of the molecule is CCCCCCCCC(=O)N1c2ccccc2[C@H](Nc2ccccc2)C[C@@H]1C. The predicted octanol–water partition coefficient (Wildman–Crippen LogP) is 6.72. The van der Waals surface area contributed by atoms with E-state index in [1.54, 1.807) is 0 Å². The Hall–Kier alpha value is -2.29. The van der Waals surface area contributed by atoms with Crippen molar-refractivity contribution in [1.82, 2.24) is 0 Å². The highest BCUT2D eigenvalue weighted by molar-refractivity contribution is 5.95. The van der Waals surface area contributed by atoms with E-state index >= 15 is 0 Å². The lowest BCUT2D eigenvalue weighted by atomic mass is 9.91. The number of nitrogens with zero attached hydrogens (tertiary/aromatic N) is 1. The maximum Gasteiger partial charge on any atom is 0.227 e. The van der Waals surface area contributed by atoms with Gasteiger partial charge in [-0.25, -0.2) is 0 Å². The van der Waals surface area contributed by atoms with Crippen LogP contribution in [0, 0.1) is 0 Å². The van der Waals surface area contributed by atoms with E-state index in [0.717, 1.165) is 30.6 Å². The molecule has 2 aromatic carbocycles. The fourth-order valence-corrected chi connectivity index (χ4v) is 4.24. The van der Waals surface area contributed by atoms with Gasteiger partial charge in [0.1, 0.15) is 0 Å². The number of nitrogens with one attached hydrogen (secondary N) is 1. The number of fused-ring (bicyclic) bond motifs is 1. The van der Waals surface area contributed by atoms with Crippen molar-refractivity contribution >= 4 is 17.3 Å². The molecule has 3 rings (SSSR count). The summed E-state index contributed by atoms with van der Waals surface area (Å²) in [7, 11) is 0. The number of anilines is 2. The molecule has 0 spiro atoms. The van der Waals surface area contributed by atoms with E-state index < -0.39 is 0 Å². The summed E-state index contributed by atoms with van der Waals surface area (Å²) < 4.78 is 0. The molecule has 1 aliphatic heterocycles. The second kappa shape index (κ2) is 10.3. The second-order valence-electron chi connectivity index (χ2n) is 7.99. The molecule has 0 unspecified atom stereocenters. The average Bonchev–Trinajstić information content (AvgIpc) is 2.71. The van der Waals surface area contributed by atoms with E-state index in [4.69, 9.17) is 0 Å². The predicted molar refractivity (Wildman–Crippen MR) is 119 cm³/mol. The molecule has 0 radical (unpaired) electrons. The lowest BCUT2D eigenvalue weighted by molar-refractivity contribution is -0.119. The van der Waals surface area contributed by atoms with Crippen molar-refractivity contribution in [3.05, 3.63) is 60.2 Å². The Kier molecular flexibility index (Phi) is 7.53. The van der Waals surface area contributed by atoms with Crippen LogP contribution in [0.2, 0.25) is 0 Å². The first-order valence-corrected chi connectivity index (χ1v) is 10.9. The van der Waals surface area contributed by atoms with Gasteiger partial charge in [0.25, 0.3) is 0 Å². The molecular weight excluding hydrogens is 344 g/mol. The molecule has 0 fully saturated rings. The maximum atomic E-state index is 13.0. The Labute approximate surface area is 170 Å². The molecule has 3 nitrogen and oxygen atoms in total. The van der Waals surface area contributed by atoms with Gasteiger partial charge in [-0.2, -0.15) is 0 Å². The molecule has 28 heavy (non-hydrogen) atoms. The molecule has 2 atom stereocenters. The topological polar surface area (TPSA) is 32.3 Å². The van der Waals surface area contributed by atoms with Crippen molar-refractivity contribution in [3.8, 4) is 0 Å². The smallest absolute Gasteiger partial charge is 0.227 e. The minimum atomic E-state index is 0.198. The Morgan fingerprint density at radius 2 is 1.64 bits per heavy atom. The minimum absolute atomic E-state index is 0.198. The largest absolute Gasteiger partial charge is 0.378 e. The van der Waals surface area contributed by atoms with Crippen LogP contribution in [0.3, 0.4) is 0 Å². The summed E-state index contributed by atoms with van der Waals surface area (Å²) in [6.45, 7) is 4.41. The zero-order valence-corrected chi connectivity index (χ0v) is 17.4. The number of carbonyl (C=O) groups is 1. The second-order valence-corrected chi connectivity index (χ2v) is 7.99. The summed E-state index contributed by atoms with van der Waals surface area (Å²) in [4.78, 5) is 15.1. The molecule has 1 aliphatic rings. The number of benzene rings is 2. The van der Waals surface area contributed by atoms with Crippen molar-refractivity contribution in [1.29, 1.82) is 0 Å². The summed E-state index contributed by atoms with van der Waals surface area (Å²) in [5, 5.41) is 3.66. The van der Waals surface area contributed by atoms with Gasteiger partial charge in [0, 0.05) is 23.8 Å². The van der Waals surface area contributed by atoms with Gasteiger partial charge in [-0.3, -0.25) is 4.79 Å². The van der Waals surface area contributed by atoms with Crippen LogP contribution >= 0.6 is 0 Å². The quantitative estimate of drug-likeness (QED) is 0.491. The lowest BCUT2D eigenvalue weighted by Gasteiger charge is -2.40. The number of carbonyl (C=O) groups excluding carboxylic acids is 1. The van der Waals surface area contributed by atoms with E-state index in [9.17, 15) is 4.79 Å². The zero-order chi connectivity index (χ0) is 19.8. The first-order chi connectivity index (χ1) is 13.7. The number of amides is 1. The van der Waals surface area contributed by atoms with E-state index in [2.05, 4.69) is 61.6 Å². The molecule has 150 valence electrons. The van der Waals surface area contributed by atoms with Gasteiger partial charge in [0.2, 0.25) is 5.91 Å². The number of unbranched alkanes of at least 4 members (excludes halogenated alkanes) is 5. The molecule has 0 bridgehead atoms. The Balaban J connectivity index is 1.67. The molecule has 0 aliphatic carbocycles. The zero-order valence-electron chi connectivity index (χ0n) is 17.4. The molecule has 0 saturated heterocycles. The number of hydrogen-bond donors (Lipinski definition) is 1. The van der Waals surface area contributed by atoms with Gasteiger partial charge < -0.3 is 10.2 Å². The van der Waals surface area contributed by atoms with Crippen LogP contribution in [0.4, 0.5) is 11.4 Å². The molecule has 1 N–H and O–H groups in total. The first kappa shape index (κ1) is 20.4. The highest BCUT2D eigenvalue weighted by Crippen LogP contribution is 2.39. The Morgan fingerprint density at radius 3 is 2.43 bits per heavy atom. The van der Waals surface area contributed by atoms with Gasteiger partial charge in [0.15, 0.2) is 0 Å². The van der Waals surface area contributed by atoms with Crippen molar-refractivity contribution in [2.45, 2.75) is 77.3 Å².